The van der Waals surface area contributed by atoms with E-state index >= 15 is 0 Å². The Labute approximate surface area is 137 Å². The normalized spacial score (nSPS) is 13.0. The molecule has 0 aliphatic carbocycles. The number of hydrogen-bond donors (Lipinski definition) is 0. The molecule has 0 aliphatic heterocycles. The molecule has 0 aliphatic rings. The molecule has 0 aromatic heterocycles. The zero-order valence-corrected chi connectivity index (χ0v) is 13.6. The topological polar surface area (TPSA) is 55.7 Å². The Bertz CT molecular complexity index is 857. The third-order valence-corrected chi connectivity index (χ3v) is 4.33. The third kappa shape index (κ3) is 4.14. The van der Waals surface area contributed by atoms with Crippen LogP contribution in [0.15, 0.2) is 58.6 Å². The van der Waals surface area contributed by atoms with Crippen LogP contribution in [0.4, 0.5) is 13.2 Å². The fraction of sp³-hybridized carbons (Fsp3) is 0.188. The number of alkyl halides is 3. The van der Waals surface area contributed by atoms with E-state index in [0.29, 0.717) is 5.56 Å². The van der Waals surface area contributed by atoms with Gasteiger partial charge in [-0.3, -0.25) is 4.28 Å². The number of nitrogens with zero attached hydrogens (tertiary/aromatic N) is 1. The van der Waals surface area contributed by atoms with Crippen molar-refractivity contribution >= 4 is 15.8 Å². The quantitative estimate of drug-likeness (QED) is 0.614. The smallest absolute Gasteiger partial charge is 0.264 e. The first-order valence-corrected chi connectivity index (χ1v) is 8.23. The zero-order chi connectivity index (χ0) is 18.0. The first-order chi connectivity index (χ1) is 11.1. The first-order valence-electron chi connectivity index (χ1n) is 6.83. The molecule has 0 amide bonds. The minimum Gasteiger partial charge on any atom is -0.264 e. The third-order valence-electron chi connectivity index (χ3n) is 3.21. The van der Waals surface area contributed by atoms with E-state index in [1.165, 1.54) is 49.4 Å². The Balaban J connectivity index is 2.42. The highest BCUT2D eigenvalue weighted by Crippen LogP contribution is 2.25. The van der Waals surface area contributed by atoms with Crippen molar-refractivity contribution in [2.24, 2.45) is 5.16 Å². The highest BCUT2D eigenvalue weighted by molar-refractivity contribution is 7.86. The summed E-state index contributed by atoms with van der Waals surface area (Å²) in [6.45, 7) is 3.21. The SMILES string of the molecule is Cc1ccc(S(=O)(=O)ON=C(c2ccccc2C)C(F)(F)F)cc1. The molecule has 0 saturated carbocycles. The summed E-state index contributed by atoms with van der Waals surface area (Å²) in [7, 11) is -4.44. The summed E-state index contributed by atoms with van der Waals surface area (Å²) in [6.07, 6.45) is -4.87. The van der Waals surface area contributed by atoms with Crippen LogP contribution < -0.4 is 0 Å². The second-order valence-electron chi connectivity index (χ2n) is 5.09. The van der Waals surface area contributed by atoms with Gasteiger partial charge in [-0.25, -0.2) is 0 Å². The van der Waals surface area contributed by atoms with Gasteiger partial charge in [-0.15, -0.1) is 0 Å². The maximum atomic E-state index is 13.2. The van der Waals surface area contributed by atoms with Gasteiger partial charge in [0, 0.05) is 5.56 Å². The molecule has 2 aromatic rings. The monoisotopic (exact) mass is 357 g/mol. The second kappa shape index (κ2) is 6.64. The molecule has 0 spiro atoms. The van der Waals surface area contributed by atoms with Gasteiger partial charge in [0.1, 0.15) is 4.90 Å². The minimum absolute atomic E-state index is 0.246. The van der Waals surface area contributed by atoms with Crippen molar-refractivity contribution in [2.45, 2.75) is 24.9 Å². The van der Waals surface area contributed by atoms with Gasteiger partial charge in [0.2, 0.25) is 0 Å². The van der Waals surface area contributed by atoms with Crippen molar-refractivity contribution in [2.75, 3.05) is 0 Å². The number of rotatable bonds is 4. The van der Waals surface area contributed by atoms with Crippen LogP contribution >= 0.6 is 0 Å². The van der Waals surface area contributed by atoms with Crippen LogP contribution in [0.3, 0.4) is 0 Å². The predicted octanol–water partition coefficient (Wildman–Crippen LogP) is 3.98. The fourth-order valence-electron chi connectivity index (χ4n) is 1.93. The molecule has 0 N–H and O–H groups in total. The molecule has 0 fully saturated rings. The maximum absolute atomic E-state index is 13.2. The second-order valence-corrected chi connectivity index (χ2v) is 6.62. The predicted molar refractivity (Wildman–Crippen MR) is 83.2 cm³/mol. The Morgan fingerprint density at radius 1 is 1.00 bits per heavy atom. The van der Waals surface area contributed by atoms with Crippen LogP contribution in [-0.2, 0) is 14.4 Å². The Hall–Kier alpha value is -2.35. The summed E-state index contributed by atoms with van der Waals surface area (Å²) in [5.74, 6) is 0. The van der Waals surface area contributed by atoms with E-state index in [0.717, 1.165) is 5.56 Å². The van der Waals surface area contributed by atoms with Gasteiger partial charge in [-0.05, 0) is 31.5 Å². The minimum atomic E-state index is -4.87. The van der Waals surface area contributed by atoms with E-state index in [1.807, 2.05) is 0 Å². The van der Waals surface area contributed by atoms with Gasteiger partial charge in [0.15, 0.2) is 5.71 Å². The maximum Gasteiger partial charge on any atom is 0.437 e. The Morgan fingerprint density at radius 3 is 2.12 bits per heavy atom. The number of benzene rings is 2. The van der Waals surface area contributed by atoms with Crippen molar-refractivity contribution in [1.29, 1.82) is 0 Å². The summed E-state index contributed by atoms with van der Waals surface area (Å²) in [5.41, 5.74) is -0.557. The molecule has 0 heterocycles. The molecule has 0 unspecified atom stereocenters. The summed E-state index contributed by atoms with van der Waals surface area (Å²) >= 11 is 0. The van der Waals surface area contributed by atoms with Gasteiger partial charge >= 0.3 is 16.3 Å². The van der Waals surface area contributed by atoms with E-state index in [9.17, 15) is 21.6 Å². The van der Waals surface area contributed by atoms with Gasteiger partial charge in [-0.1, -0.05) is 47.1 Å². The van der Waals surface area contributed by atoms with Crippen LogP contribution in [0.25, 0.3) is 0 Å². The van der Waals surface area contributed by atoms with Crippen LogP contribution in [-0.4, -0.2) is 20.3 Å². The van der Waals surface area contributed by atoms with Crippen molar-refractivity contribution in [3.8, 4) is 0 Å². The fourth-order valence-corrected chi connectivity index (χ4v) is 2.65. The average molecular weight is 357 g/mol. The average Bonchev–Trinajstić information content (AvgIpc) is 2.48. The Morgan fingerprint density at radius 2 is 1.58 bits per heavy atom. The summed E-state index contributed by atoms with van der Waals surface area (Å²) in [5, 5.41) is 2.90. The van der Waals surface area contributed by atoms with Gasteiger partial charge in [-0.2, -0.15) is 21.6 Å². The van der Waals surface area contributed by atoms with E-state index in [-0.39, 0.29) is 10.5 Å². The van der Waals surface area contributed by atoms with Crippen LogP contribution in [0, 0.1) is 13.8 Å². The lowest BCUT2D eigenvalue weighted by Crippen LogP contribution is -2.25. The number of oxime groups is 1. The molecule has 2 aromatic carbocycles. The summed E-state index contributed by atoms with van der Waals surface area (Å²) < 4.78 is 67.9. The van der Waals surface area contributed by atoms with Crippen molar-refractivity contribution in [1.82, 2.24) is 0 Å². The van der Waals surface area contributed by atoms with E-state index in [1.54, 1.807) is 13.0 Å². The molecule has 0 radical (unpaired) electrons. The first kappa shape index (κ1) is 18.0. The molecule has 0 atom stereocenters. The van der Waals surface area contributed by atoms with Crippen LogP contribution in [0.5, 0.6) is 0 Å². The van der Waals surface area contributed by atoms with Gasteiger partial charge in [0.05, 0.1) is 0 Å². The lowest BCUT2D eigenvalue weighted by atomic mass is 10.0. The summed E-state index contributed by atoms with van der Waals surface area (Å²) in [4.78, 5) is -0.275. The highest BCUT2D eigenvalue weighted by atomic mass is 32.2. The molecule has 4 nitrogen and oxygen atoms in total. The molecular formula is C16H14F3NO3S. The molecule has 0 bridgehead atoms. The Kier molecular flexibility index (Phi) is 4.98. The van der Waals surface area contributed by atoms with Crippen molar-refractivity contribution in [3.05, 3.63) is 65.2 Å². The zero-order valence-electron chi connectivity index (χ0n) is 12.8. The lowest BCUT2D eigenvalue weighted by molar-refractivity contribution is -0.0597. The number of halogens is 3. The molecule has 8 heteroatoms. The molecular weight excluding hydrogens is 343 g/mol. The molecule has 128 valence electrons. The van der Waals surface area contributed by atoms with Crippen molar-refractivity contribution < 1.29 is 25.9 Å². The van der Waals surface area contributed by atoms with E-state index in [2.05, 4.69) is 9.44 Å². The van der Waals surface area contributed by atoms with E-state index in [4.69, 9.17) is 0 Å². The van der Waals surface area contributed by atoms with Crippen LogP contribution in [0.2, 0.25) is 0 Å². The molecule has 2 rings (SSSR count). The number of aryl methyl sites for hydroxylation is 2. The standard InChI is InChI=1S/C16H14F3NO3S/c1-11-7-9-13(10-8-11)24(21,22)23-20-15(16(17,18)19)14-6-4-3-5-12(14)2/h3-10H,1-2H3. The molecule has 0 saturated heterocycles. The van der Waals surface area contributed by atoms with Crippen molar-refractivity contribution in [3.63, 3.8) is 0 Å². The van der Waals surface area contributed by atoms with Gasteiger partial charge < -0.3 is 0 Å². The van der Waals surface area contributed by atoms with Crippen LogP contribution in [0.1, 0.15) is 16.7 Å². The highest BCUT2D eigenvalue weighted by Gasteiger charge is 2.39. The lowest BCUT2D eigenvalue weighted by Gasteiger charge is -2.12. The largest absolute Gasteiger partial charge is 0.437 e. The van der Waals surface area contributed by atoms with E-state index < -0.39 is 22.0 Å². The summed E-state index contributed by atoms with van der Waals surface area (Å²) in [6, 6.07) is 11.1. The molecule has 24 heavy (non-hydrogen) atoms. The van der Waals surface area contributed by atoms with Gasteiger partial charge in [0.25, 0.3) is 0 Å². The number of hydrogen-bond acceptors (Lipinski definition) is 4.